The van der Waals surface area contributed by atoms with Crippen molar-refractivity contribution in [2.45, 2.75) is 29.5 Å². The monoisotopic (exact) mass is 456 g/mol. The minimum atomic E-state index is -3.58. The smallest absolute Gasteiger partial charge is 0.273 e. The van der Waals surface area contributed by atoms with Gasteiger partial charge in [-0.3, -0.25) is 9.10 Å². The molecule has 1 N–H and O–H groups in total. The van der Waals surface area contributed by atoms with Crippen LogP contribution in [0.3, 0.4) is 0 Å². The summed E-state index contributed by atoms with van der Waals surface area (Å²) in [5.41, 5.74) is 2.99. The fraction of sp³-hybridized carbons (Fsp3) is 0.261. The molecule has 1 aliphatic rings. The summed E-state index contributed by atoms with van der Waals surface area (Å²) in [4.78, 5) is 12.4. The maximum atomic E-state index is 12.6. The first-order valence-electron chi connectivity index (χ1n) is 10.1. The largest absolute Gasteiger partial charge is 0.484 e. The van der Waals surface area contributed by atoms with Crippen molar-refractivity contribution in [2.75, 3.05) is 18.0 Å². The van der Waals surface area contributed by atoms with E-state index in [0.29, 0.717) is 11.4 Å². The summed E-state index contributed by atoms with van der Waals surface area (Å²) in [5, 5.41) is 4.79. The highest BCUT2D eigenvalue weighted by Gasteiger charge is 2.23. The van der Waals surface area contributed by atoms with Crippen LogP contribution in [0.15, 0.2) is 70.3 Å². The summed E-state index contributed by atoms with van der Waals surface area (Å²) in [7, 11) is -2.07. The molecule has 0 aliphatic heterocycles. The number of nitrogens with one attached hydrogen (secondary N) is 1. The fourth-order valence-corrected chi connectivity index (χ4v) is 6.08. The van der Waals surface area contributed by atoms with Crippen molar-refractivity contribution in [1.29, 1.82) is 0 Å². The number of carbonyl (C=O) groups excluding carboxylic acids is 1. The minimum absolute atomic E-state index is 0.0135. The van der Waals surface area contributed by atoms with Crippen LogP contribution in [0.5, 0.6) is 5.75 Å². The highest BCUT2D eigenvalue weighted by molar-refractivity contribution is 7.94. The van der Waals surface area contributed by atoms with Crippen LogP contribution in [0.1, 0.15) is 30.0 Å². The van der Waals surface area contributed by atoms with Gasteiger partial charge in [0.05, 0.1) is 11.7 Å². The Labute approximate surface area is 186 Å². The molecule has 2 aromatic carbocycles. The lowest BCUT2D eigenvalue weighted by atomic mass is 9.88. The number of fused-ring (bicyclic) bond motifs is 1. The van der Waals surface area contributed by atoms with Gasteiger partial charge in [-0.15, -0.1) is 11.3 Å². The zero-order valence-corrected chi connectivity index (χ0v) is 18.8. The number of benzene rings is 2. The topological polar surface area (TPSA) is 75.7 Å². The van der Waals surface area contributed by atoms with Crippen LogP contribution in [-0.2, 0) is 21.2 Å². The molecule has 0 bridgehead atoms. The van der Waals surface area contributed by atoms with Gasteiger partial charge in [0.1, 0.15) is 9.96 Å². The first kappa shape index (κ1) is 21.4. The van der Waals surface area contributed by atoms with Gasteiger partial charge in [0.15, 0.2) is 6.61 Å². The summed E-state index contributed by atoms with van der Waals surface area (Å²) in [6.07, 6.45) is 3.01. The molecule has 0 saturated heterocycles. The fourth-order valence-electron chi connectivity index (χ4n) is 3.73. The third kappa shape index (κ3) is 4.75. The Morgan fingerprint density at radius 2 is 1.90 bits per heavy atom. The van der Waals surface area contributed by atoms with E-state index in [9.17, 15) is 13.2 Å². The van der Waals surface area contributed by atoms with Crippen molar-refractivity contribution in [3.63, 3.8) is 0 Å². The molecule has 1 aromatic heterocycles. The lowest BCUT2D eigenvalue weighted by Gasteiger charge is -2.26. The molecular weight excluding hydrogens is 432 g/mol. The van der Waals surface area contributed by atoms with Crippen LogP contribution in [-0.4, -0.2) is 28.0 Å². The number of thiophene rings is 1. The number of amides is 1. The Hall–Kier alpha value is -2.84. The second-order valence-electron chi connectivity index (χ2n) is 7.40. The van der Waals surface area contributed by atoms with E-state index in [1.165, 1.54) is 33.8 Å². The van der Waals surface area contributed by atoms with E-state index in [1.54, 1.807) is 41.8 Å². The van der Waals surface area contributed by atoms with Crippen LogP contribution < -0.4 is 14.4 Å². The van der Waals surface area contributed by atoms with Gasteiger partial charge >= 0.3 is 0 Å². The average molecular weight is 457 g/mol. The second-order valence-corrected chi connectivity index (χ2v) is 10.5. The zero-order chi connectivity index (χ0) is 21.8. The van der Waals surface area contributed by atoms with Gasteiger partial charge in [-0.1, -0.05) is 30.3 Å². The van der Waals surface area contributed by atoms with Crippen LogP contribution in [0.2, 0.25) is 0 Å². The zero-order valence-electron chi connectivity index (χ0n) is 17.2. The maximum absolute atomic E-state index is 12.6. The standard InChI is InChI=1S/C23H24N2O4S2/c1-25(31(27,28)23-10-5-15-30-23)18-11-13-19(14-12-18)29-16-22(26)24-21-9-4-7-17-6-2-3-8-20(17)21/h2-3,5-6,8,10-15,21H,4,7,9,16H2,1H3,(H,24,26)/t21-/m1/s1. The lowest BCUT2D eigenvalue weighted by molar-refractivity contribution is -0.123. The Morgan fingerprint density at radius 3 is 2.65 bits per heavy atom. The molecule has 3 aromatic rings. The predicted octanol–water partition coefficient (Wildman–Crippen LogP) is 4.15. The van der Waals surface area contributed by atoms with Crippen LogP contribution in [0.4, 0.5) is 5.69 Å². The normalized spacial score (nSPS) is 15.7. The Bertz CT molecular complexity index is 1140. The SMILES string of the molecule is CN(c1ccc(OCC(=O)N[C@@H]2CCCc3ccccc32)cc1)S(=O)(=O)c1cccs1. The first-order valence-corrected chi connectivity index (χ1v) is 12.4. The van der Waals surface area contributed by atoms with Crippen molar-refractivity contribution in [1.82, 2.24) is 5.32 Å². The van der Waals surface area contributed by atoms with E-state index < -0.39 is 10.0 Å². The molecule has 0 unspecified atom stereocenters. The van der Waals surface area contributed by atoms with E-state index in [2.05, 4.69) is 17.4 Å². The van der Waals surface area contributed by atoms with Gasteiger partial charge in [-0.25, -0.2) is 8.42 Å². The van der Waals surface area contributed by atoms with Crippen LogP contribution in [0.25, 0.3) is 0 Å². The minimum Gasteiger partial charge on any atom is -0.484 e. The van der Waals surface area contributed by atoms with Crippen LogP contribution in [0, 0.1) is 0 Å². The first-order chi connectivity index (χ1) is 14.9. The van der Waals surface area contributed by atoms with Crippen molar-refractivity contribution in [2.24, 2.45) is 0 Å². The summed E-state index contributed by atoms with van der Waals surface area (Å²) in [6, 6.07) is 18.2. The number of carbonyl (C=O) groups is 1. The molecule has 162 valence electrons. The summed E-state index contributed by atoms with van der Waals surface area (Å²) in [6.45, 7) is -0.0959. The number of ether oxygens (including phenoxy) is 1. The molecule has 1 aliphatic carbocycles. The molecule has 0 saturated carbocycles. The van der Waals surface area contributed by atoms with E-state index in [0.717, 1.165) is 19.3 Å². The number of hydrogen-bond acceptors (Lipinski definition) is 5. The third-order valence-corrected chi connectivity index (χ3v) is 8.54. The molecule has 0 fully saturated rings. The van der Waals surface area contributed by atoms with Gasteiger partial charge in [0, 0.05) is 7.05 Å². The Morgan fingerprint density at radius 1 is 1.13 bits per heavy atom. The highest BCUT2D eigenvalue weighted by Crippen LogP contribution is 2.29. The number of nitrogens with zero attached hydrogens (tertiary/aromatic N) is 1. The highest BCUT2D eigenvalue weighted by atomic mass is 32.2. The van der Waals surface area contributed by atoms with Crippen molar-refractivity contribution in [3.8, 4) is 5.75 Å². The number of rotatable bonds is 7. The number of hydrogen-bond donors (Lipinski definition) is 1. The average Bonchev–Trinajstić information content (AvgIpc) is 3.34. The molecule has 1 atom stereocenters. The van der Waals surface area contributed by atoms with Gasteiger partial charge in [-0.2, -0.15) is 0 Å². The molecule has 0 radical (unpaired) electrons. The number of sulfonamides is 1. The molecule has 31 heavy (non-hydrogen) atoms. The number of anilines is 1. The van der Waals surface area contributed by atoms with Crippen molar-refractivity contribution < 1.29 is 17.9 Å². The Kier molecular flexibility index (Phi) is 6.29. The molecule has 0 spiro atoms. The molecule has 1 amide bonds. The van der Waals surface area contributed by atoms with Gasteiger partial charge in [0.2, 0.25) is 0 Å². The second kappa shape index (κ2) is 9.11. The van der Waals surface area contributed by atoms with E-state index >= 15 is 0 Å². The molecule has 6 nitrogen and oxygen atoms in total. The van der Waals surface area contributed by atoms with Crippen molar-refractivity contribution in [3.05, 3.63) is 77.2 Å². The summed E-state index contributed by atoms with van der Waals surface area (Å²) in [5.74, 6) is 0.327. The van der Waals surface area contributed by atoms with Crippen molar-refractivity contribution >= 4 is 33.0 Å². The van der Waals surface area contributed by atoms with Gasteiger partial charge < -0.3 is 10.1 Å². The van der Waals surface area contributed by atoms with E-state index in [1.807, 2.05) is 12.1 Å². The molecule has 4 rings (SSSR count). The Balaban J connectivity index is 1.34. The summed E-state index contributed by atoms with van der Waals surface area (Å²) >= 11 is 1.18. The van der Waals surface area contributed by atoms with Gasteiger partial charge in [0.25, 0.3) is 15.9 Å². The maximum Gasteiger partial charge on any atom is 0.273 e. The lowest BCUT2D eigenvalue weighted by Crippen LogP contribution is -2.34. The molecule has 8 heteroatoms. The molecular formula is C23H24N2O4S2. The van der Waals surface area contributed by atoms with E-state index in [-0.39, 0.29) is 22.8 Å². The van der Waals surface area contributed by atoms with Crippen LogP contribution >= 0.6 is 11.3 Å². The summed E-state index contributed by atoms with van der Waals surface area (Å²) < 4.78 is 32.4. The van der Waals surface area contributed by atoms with Gasteiger partial charge in [-0.05, 0) is 66.1 Å². The number of aryl methyl sites for hydroxylation is 1. The third-order valence-electron chi connectivity index (χ3n) is 5.38. The quantitative estimate of drug-likeness (QED) is 0.580. The van der Waals surface area contributed by atoms with E-state index in [4.69, 9.17) is 4.74 Å². The predicted molar refractivity (Wildman–Crippen MR) is 122 cm³/mol. The molecule has 1 heterocycles.